The first kappa shape index (κ1) is 10.7. The van der Waals surface area contributed by atoms with Gasteiger partial charge in [-0.2, -0.15) is 0 Å². The van der Waals surface area contributed by atoms with Crippen LogP contribution in [0.15, 0.2) is 18.2 Å². The molecule has 1 amide bonds. The maximum absolute atomic E-state index is 11.2. The van der Waals surface area contributed by atoms with Crippen LogP contribution in [0.1, 0.15) is 24.5 Å². The van der Waals surface area contributed by atoms with Crippen LogP contribution in [0.2, 0.25) is 0 Å². The molecule has 0 aliphatic carbocycles. The smallest absolute Gasteiger partial charge is 0.224 e. The van der Waals surface area contributed by atoms with Crippen molar-refractivity contribution in [2.45, 2.75) is 26.8 Å². The molecule has 1 aromatic rings. The topological polar surface area (TPSA) is 55.1 Å². The van der Waals surface area contributed by atoms with Crippen LogP contribution in [0.4, 0.5) is 5.69 Å². The number of rotatable bonds is 3. The average molecular weight is 192 g/mol. The summed E-state index contributed by atoms with van der Waals surface area (Å²) < 4.78 is 0. The zero-order chi connectivity index (χ0) is 10.6. The number of nitrogens with two attached hydrogens (primary N) is 1. The van der Waals surface area contributed by atoms with Crippen molar-refractivity contribution >= 4 is 11.6 Å². The van der Waals surface area contributed by atoms with Crippen molar-refractivity contribution in [3.63, 3.8) is 0 Å². The quantitative estimate of drug-likeness (QED) is 0.767. The van der Waals surface area contributed by atoms with Crippen LogP contribution >= 0.6 is 0 Å². The summed E-state index contributed by atoms with van der Waals surface area (Å²) in [6.07, 6.45) is 0.484. The summed E-state index contributed by atoms with van der Waals surface area (Å²) in [6.45, 7) is 4.28. The van der Waals surface area contributed by atoms with Crippen LogP contribution in [-0.4, -0.2) is 5.91 Å². The SMILES string of the molecule is CCC(=O)Nc1ccc(C)cc1CN. The maximum atomic E-state index is 11.2. The zero-order valence-corrected chi connectivity index (χ0v) is 8.63. The molecule has 0 fully saturated rings. The molecule has 0 atom stereocenters. The van der Waals surface area contributed by atoms with Gasteiger partial charge in [0.25, 0.3) is 0 Å². The summed E-state index contributed by atoms with van der Waals surface area (Å²) in [5, 5.41) is 2.82. The number of nitrogens with one attached hydrogen (secondary N) is 1. The third-order valence-corrected chi connectivity index (χ3v) is 2.08. The molecule has 0 saturated heterocycles. The third kappa shape index (κ3) is 2.57. The van der Waals surface area contributed by atoms with E-state index in [0.717, 1.165) is 16.8 Å². The Bertz CT molecular complexity index is 334. The van der Waals surface area contributed by atoms with E-state index < -0.39 is 0 Å². The molecular formula is C11H16N2O. The van der Waals surface area contributed by atoms with Crippen molar-refractivity contribution in [3.8, 4) is 0 Å². The minimum atomic E-state index is 0.0172. The number of anilines is 1. The Hall–Kier alpha value is -1.35. The highest BCUT2D eigenvalue weighted by Gasteiger charge is 2.03. The number of carbonyl (C=O) groups excluding carboxylic acids is 1. The molecule has 0 radical (unpaired) electrons. The van der Waals surface area contributed by atoms with Gasteiger partial charge in [-0.05, 0) is 18.6 Å². The van der Waals surface area contributed by atoms with Crippen LogP contribution < -0.4 is 11.1 Å². The maximum Gasteiger partial charge on any atom is 0.224 e. The van der Waals surface area contributed by atoms with Gasteiger partial charge in [0.05, 0.1) is 0 Å². The first-order chi connectivity index (χ1) is 6.67. The molecule has 0 saturated carbocycles. The molecule has 0 heterocycles. The summed E-state index contributed by atoms with van der Waals surface area (Å²) in [6, 6.07) is 5.85. The number of aryl methyl sites for hydroxylation is 1. The van der Waals surface area contributed by atoms with E-state index in [1.807, 2.05) is 32.0 Å². The van der Waals surface area contributed by atoms with Gasteiger partial charge >= 0.3 is 0 Å². The molecule has 3 nitrogen and oxygen atoms in total. The second kappa shape index (κ2) is 4.77. The molecule has 76 valence electrons. The number of amides is 1. The predicted molar refractivity (Wildman–Crippen MR) is 58.0 cm³/mol. The fourth-order valence-electron chi connectivity index (χ4n) is 1.25. The summed E-state index contributed by atoms with van der Waals surface area (Å²) in [5.41, 5.74) is 8.54. The van der Waals surface area contributed by atoms with Crippen LogP contribution in [0, 0.1) is 6.92 Å². The van der Waals surface area contributed by atoms with E-state index in [-0.39, 0.29) is 5.91 Å². The number of benzene rings is 1. The number of hydrogen-bond donors (Lipinski definition) is 2. The molecular weight excluding hydrogens is 176 g/mol. The summed E-state index contributed by atoms with van der Waals surface area (Å²) in [5.74, 6) is 0.0172. The van der Waals surface area contributed by atoms with E-state index in [9.17, 15) is 4.79 Å². The average Bonchev–Trinajstić information content (AvgIpc) is 2.20. The molecule has 1 aromatic carbocycles. The fraction of sp³-hybridized carbons (Fsp3) is 0.364. The van der Waals surface area contributed by atoms with E-state index >= 15 is 0 Å². The second-order valence-corrected chi connectivity index (χ2v) is 3.27. The Balaban J connectivity index is 2.90. The minimum absolute atomic E-state index is 0.0172. The van der Waals surface area contributed by atoms with Gasteiger partial charge in [-0.1, -0.05) is 24.6 Å². The van der Waals surface area contributed by atoms with Crippen molar-refractivity contribution in [1.82, 2.24) is 0 Å². The Morgan fingerprint density at radius 2 is 2.21 bits per heavy atom. The summed E-state index contributed by atoms with van der Waals surface area (Å²) >= 11 is 0. The van der Waals surface area contributed by atoms with E-state index in [1.54, 1.807) is 0 Å². The lowest BCUT2D eigenvalue weighted by Crippen LogP contribution is -2.12. The van der Waals surface area contributed by atoms with Crippen molar-refractivity contribution in [3.05, 3.63) is 29.3 Å². The van der Waals surface area contributed by atoms with Crippen LogP contribution in [-0.2, 0) is 11.3 Å². The molecule has 0 aliphatic heterocycles. The molecule has 1 rings (SSSR count). The number of hydrogen-bond acceptors (Lipinski definition) is 2. The van der Waals surface area contributed by atoms with E-state index in [4.69, 9.17) is 5.73 Å². The Labute approximate surface area is 84.3 Å². The molecule has 3 N–H and O–H groups in total. The van der Waals surface area contributed by atoms with Crippen LogP contribution in [0.5, 0.6) is 0 Å². The monoisotopic (exact) mass is 192 g/mol. The third-order valence-electron chi connectivity index (χ3n) is 2.08. The Morgan fingerprint density at radius 3 is 2.79 bits per heavy atom. The van der Waals surface area contributed by atoms with Gasteiger partial charge in [0.2, 0.25) is 5.91 Å². The van der Waals surface area contributed by atoms with Gasteiger partial charge in [-0.15, -0.1) is 0 Å². The van der Waals surface area contributed by atoms with E-state index in [1.165, 1.54) is 0 Å². The summed E-state index contributed by atoms with van der Waals surface area (Å²) in [7, 11) is 0. The highest BCUT2D eigenvalue weighted by Crippen LogP contribution is 2.16. The van der Waals surface area contributed by atoms with Gasteiger partial charge in [-0.25, -0.2) is 0 Å². The highest BCUT2D eigenvalue weighted by atomic mass is 16.1. The minimum Gasteiger partial charge on any atom is -0.326 e. The first-order valence-electron chi connectivity index (χ1n) is 4.76. The van der Waals surface area contributed by atoms with Crippen LogP contribution in [0.3, 0.4) is 0 Å². The fourth-order valence-corrected chi connectivity index (χ4v) is 1.25. The van der Waals surface area contributed by atoms with Crippen molar-refractivity contribution in [2.75, 3.05) is 5.32 Å². The summed E-state index contributed by atoms with van der Waals surface area (Å²) in [4.78, 5) is 11.2. The molecule has 3 heteroatoms. The van der Waals surface area contributed by atoms with Gasteiger partial charge < -0.3 is 11.1 Å². The normalized spacial score (nSPS) is 9.93. The van der Waals surface area contributed by atoms with Gasteiger partial charge in [-0.3, -0.25) is 4.79 Å². The second-order valence-electron chi connectivity index (χ2n) is 3.27. The molecule has 0 unspecified atom stereocenters. The zero-order valence-electron chi connectivity index (χ0n) is 8.63. The molecule has 0 aromatic heterocycles. The molecule has 0 bridgehead atoms. The van der Waals surface area contributed by atoms with E-state index in [2.05, 4.69) is 5.32 Å². The largest absolute Gasteiger partial charge is 0.326 e. The lowest BCUT2D eigenvalue weighted by atomic mass is 10.1. The van der Waals surface area contributed by atoms with Crippen LogP contribution in [0.25, 0.3) is 0 Å². The van der Waals surface area contributed by atoms with Crippen molar-refractivity contribution in [1.29, 1.82) is 0 Å². The molecule has 0 spiro atoms. The molecule has 0 aliphatic rings. The van der Waals surface area contributed by atoms with Gasteiger partial charge in [0.15, 0.2) is 0 Å². The highest BCUT2D eigenvalue weighted by molar-refractivity contribution is 5.91. The standard InChI is InChI=1S/C11H16N2O/c1-3-11(14)13-10-5-4-8(2)6-9(10)7-12/h4-6H,3,7,12H2,1-2H3,(H,13,14). The first-order valence-corrected chi connectivity index (χ1v) is 4.76. The van der Waals surface area contributed by atoms with E-state index in [0.29, 0.717) is 13.0 Å². The number of carbonyl (C=O) groups is 1. The predicted octanol–water partition coefficient (Wildman–Crippen LogP) is 1.80. The lowest BCUT2D eigenvalue weighted by molar-refractivity contribution is -0.115. The Kier molecular flexibility index (Phi) is 3.65. The molecule has 14 heavy (non-hydrogen) atoms. The van der Waals surface area contributed by atoms with Crippen molar-refractivity contribution < 1.29 is 4.79 Å². The van der Waals surface area contributed by atoms with Gasteiger partial charge in [0, 0.05) is 18.7 Å². The van der Waals surface area contributed by atoms with Gasteiger partial charge in [0.1, 0.15) is 0 Å². The van der Waals surface area contributed by atoms with Crippen molar-refractivity contribution in [2.24, 2.45) is 5.73 Å². The Morgan fingerprint density at radius 1 is 1.50 bits per heavy atom. The lowest BCUT2D eigenvalue weighted by Gasteiger charge is -2.09.